The summed E-state index contributed by atoms with van der Waals surface area (Å²) in [6, 6.07) is 14.0. The molecule has 1 heterocycles. The predicted molar refractivity (Wildman–Crippen MR) is 91.0 cm³/mol. The van der Waals surface area contributed by atoms with E-state index in [2.05, 4.69) is 17.4 Å². The molecule has 0 aromatic heterocycles. The van der Waals surface area contributed by atoms with Crippen LogP contribution < -0.4 is 10.1 Å². The number of rotatable bonds is 3. The average molecular weight is 323 g/mol. The van der Waals surface area contributed by atoms with Crippen molar-refractivity contribution in [3.8, 4) is 5.75 Å². The van der Waals surface area contributed by atoms with Gasteiger partial charge in [-0.25, -0.2) is 4.79 Å². The fourth-order valence-corrected chi connectivity index (χ4v) is 3.51. The largest absolute Gasteiger partial charge is 0.470 e. The maximum atomic E-state index is 12.0. The predicted octanol–water partition coefficient (Wildman–Crippen LogP) is 3.75. The Labute approximate surface area is 141 Å². The van der Waals surface area contributed by atoms with Crippen LogP contribution in [-0.4, -0.2) is 12.3 Å². The number of aryl methyl sites for hydroxylation is 1. The Bertz CT molecular complexity index is 742. The Morgan fingerprint density at radius 2 is 1.88 bits per heavy atom. The van der Waals surface area contributed by atoms with E-state index < -0.39 is 6.09 Å². The molecule has 0 saturated carbocycles. The summed E-state index contributed by atoms with van der Waals surface area (Å²) in [7, 11) is 0. The Balaban J connectivity index is 1.36. The maximum Gasteiger partial charge on any atom is 0.410 e. The van der Waals surface area contributed by atoms with Gasteiger partial charge in [-0.3, -0.25) is 5.32 Å². The van der Waals surface area contributed by atoms with Crippen molar-refractivity contribution in [2.45, 2.75) is 44.9 Å². The zero-order chi connectivity index (χ0) is 16.4. The number of alkyl carbamates (subject to hydrolysis) is 1. The normalized spacial score (nSPS) is 18.2. The van der Waals surface area contributed by atoms with Gasteiger partial charge in [0.1, 0.15) is 12.4 Å². The van der Waals surface area contributed by atoms with Crippen LogP contribution >= 0.6 is 0 Å². The van der Waals surface area contributed by atoms with Crippen molar-refractivity contribution in [1.29, 1.82) is 0 Å². The molecule has 1 aliphatic carbocycles. The zero-order valence-electron chi connectivity index (χ0n) is 13.6. The van der Waals surface area contributed by atoms with Crippen LogP contribution in [0.3, 0.4) is 0 Å². The summed E-state index contributed by atoms with van der Waals surface area (Å²) in [4.78, 5) is 12.0. The highest BCUT2D eigenvalue weighted by atomic mass is 16.6. The summed E-state index contributed by atoms with van der Waals surface area (Å²) < 4.78 is 11.3. The molecule has 2 aliphatic rings. The van der Waals surface area contributed by atoms with Crippen molar-refractivity contribution in [1.82, 2.24) is 5.32 Å². The molecule has 2 aromatic carbocycles. The van der Waals surface area contributed by atoms with Gasteiger partial charge >= 0.3 is 6.09 Å². The summed E-state index contributed by atoms with van der Waals surface area (Å²) >= 11 is 0. The van der Waals surface area contributed by atoms with Gasteiger partial charge in [0.2, 0.25) is 0 Å². The number of carbonyl (C=O) groups is 1. The minimum Gasteiger partial charge on any atom is -0.470 e. The van der Waals surface area contributed by atoms with Crippen molar-refractivity contribution in [3.05, 3.63) is 64.7 Å². The monoisotopic (exact) mass is 323 g/mol. The maximum absolute atomic E-state index is 12.0. The van der Waals surface area contributed by atoms with E-state index in [1.807, 2.05) is 30.3 Å². The number of amides is 1. The van der Waals surface area contributed by atoms with Gasteiger partial charge in [0, 0.05) is 12.0 Å². The molecule has 0 spiro atoms. The van der Waals surface area contributed by atoms with Crippen LogP contribution in [0, 0.1) is 0 Å². The molecule has 1 aliphatic heterocycles. The number of hydrogen-bond donors (Lipinski definition) is 1. The molecule has 0 fully saturated rings. The molecular formula is C20H21NO3. The van der Waals surface area contributed by atoms with E-state index in [4.69, 9.17) is 9.47 Å². The average Bonchev–Trinajstić information content (AvgIpc) is 3.04. The van der Waals surface area contributed by atoms with Crippen molar-refractivity contribution in [2.24, 2.45) is 0 Å². The van der Waals surface area contributed by atoms with Crippen molar-refractivity contribution >= 4 is 6.09 Å². The topological polar surface area (TPSA) is 47.6 Å². The molecule has 4 nitrogen and oxygen atoms in total. The van der Waals surface area contributed by atoms with Crippen LogP contribution in [-0.2, 0) is 30.6 Å². The molecule has 4 rings (SSSR count). The van der Waals surface area contributed by atoms with Gasteiger partial charge in [0.05, 0.1) is 0 Å². The van der Waals surface area contributed by atoms with Crippen molar-refractivity contribution < 1.29 is 14.3 Å². The molecule has 1 unspecified atom stereocenters. The highest BCUT2D eigenvalue weighted by molar-refractivity contribution is 5.68. The van der Waals surface area contributed by atoms with Crippen molar-refractivity contribution in [3.63, 3.8) is 0 Å². The molecule has 124 valence electrons. The molecule has 4 heteroatoms. The van der Waals surface area contributed by atoms with Crippen LogP contribution in [0.2, 0.25) is 0 Å². The molecule has 24 heavy (non-hydrogen) atoms. The second kappa shape index (κ2) is 6.56. The molecule has 0 bridgehead atoms. The van der Waals surface area contributed by atoms with Crippen LogP contribution in [0.5, 0.6) is 5.75 Å². The minimum absolute atomic E-state index is 0.266. The summed E-state index contributed by atoms with van der Waals surface area (Å²) in [5, 5.41) is 2.82. The number of fused-ring (bicyclic) bond motifs is 3. The SMILES string of the molecule is O=C(NC1Cc2ccc3c(c2O1)CCCC3)OCc1ccccc1. The van der Waals surface area contributed by atoms with E-state index >= 15 is 0 Å². The van der Waals surface area contributed by atoms with Gasteiger partial charge in [0.25, 0.3) is 0 Å². The van der Waals surface area contributed by atoms with Gasteiger partial charge in [0.15, 0.2) is 6.23 Å². The number of nitrogens with one attached hydrogen (secondary N) is 1. The summed E-state index contributed by atoms with van der Waals surface area (Å²) in [5.74, 6) is 0.987. The Kier molecular flexibility index (Phi) is 4.11. The molecule has 2 aromatic rings. The van der Waals surface area contributed by atoms with E-state index in [0.717, 1.165) is 24.2 Å². The third kappa shape index (κ3) is 3.09. The lowest BCUT2D eigenvalue weighted by Gasteiger charge is -2.19. The van der Waals surface area contributed by atoms with Gasteiger partial charge in [-0.2, -0.15) is 0 Å². The smallest absolute Gasteiger partial charge is 0.410 e. The fourth-order valence-electron chi connectivity index (χ4n) is 3.51. The highest BCUT2D eigenvalue weighted by Crippen LogP contribution is 2.37. The zero-order valence-corrected chi connectivity index (χ0v) is 13.6. The first-order chi connectivity index (χ1) is 11.8. The fraction of sp³-hybridized carbons (Fsp3) is 0.350. The third-order valence-electron chi connectivity index (χ3n) is 4.72. The van der Waals surface area contributed by atoms with Crippen LogP contribution in [0.4, 0.5) is 4.79 Å². The second-order valence-corrected chi connectivity index (χ2v) is 6.42. The van der Waals surface area contributed by atoms with Crippen LogP contribution in [0.15, 0.2) is 42.5 Å². The third-order valence-corrected chi connectivity index (χ3v) is 4.72. The molecule has 0 radical (unpaired) electrons. The number of hydrogen-bond acceptors (Lipinski definition) is 3. The van der Waals surface area contributed by atoms with Gasteiger partial charge in [-0.1, -0.05) is 42.5 Å². The van der Waals surface area contributed by atoms with E-state index in [9.17, 15) is 4.79 Å². The van der Waals surface area contributed by atoms with E-state index in [1.165, 1.54) is 29.5 Å². The quantitative estimate of drug-likeness (QED) is 0.936. The first-order valence-corrected chi connectivity index (χ1v) is 8.57. The van der Waals surface area contributed by atoms with E-state index in [1.54, 1.807) is 0 Å². The lowest BCUT2D eigenvalue weighted by atomic mass is 9.89. The standard InChI is InChI=1S/C20H21NO3/c22-20(23-13-14-6-2-1-3-7-14)21-18-12-16-11-10-15-8-4-5-9-17(15)19(16)24-18/h1-3,6-7,10-11,18H,4-5,8-9,12-13H2,(H,21,22). The van der Waals surface area contributed by atoms with Crippen molar-refractivity contribution in [2.75, 3.05) is 0 Å². The lowest BCUT2D eigenvalue weighted by Crippen LogP contribution is -2.38. The molecule has 1 atom stereocenters. The highest BCUT2D eigenvalue weighted by Gasteiger charge is 2.29. The second-order valence-electron chi connectivity index (χ2n) is 6.42. The number of carbonyl (C=O) groups excluding carboxylic acids is 1. The number of benzene rings is 2. The Hall–Kier alpha value is -2.49. The Morgan fingerprint density at radius 3 is 2.75 bits per heavy atom. The Morgan fingerprint density at radius 1 is 1.08 bits per heavy atom. The first kappa shape index (κ1) is 15.1. The molecule has 1 N–H and O–H groups in total. The summed E-state index contributed by atoms with van der Waals surface area (Å²) in [6.45, 7) is 0.266. The molecule has 1 amide bonds. The minimum atomic E-state index is -0.439. The van der Waals surface area contributed by atoms with E-state index in [0.29, 0.717) is 6.42 Å². The lowest BCUT2D eigenvalue weighted by molar-refractivity contribution is 0.112. The van der Waals surface area contributed by atoms with Gasteiger partial charge in [-0.15, -0.1) is 0 Å². The first-order valence-electron chi connectivity index (χ1n) is 8.57. The molecular weight excluding hydrogens is 302 g/mol. The summed E-state index contributed by atoms with van der Waals surface area (Å²) in [6.07, 6.45) is 4.58. The number of ether oxygens (including phenoxy) is 2. The van der Waals surface area contributed by atoms with Gasteiger partial charge < -0.3 is 9.47 Å². The van der Waals surface area contributed by atoms with E-state index in [-0.39, 0.29) is 12.8 Å². The summed E-state index contributed by atoms with van der Waals surface area (Å²) in [5.41, 5.74) is 4.88. The van der Waals surface area contributed by atoms with Gasteiger partial charge in [-0.05, 0) is 42.4 Å². The van der Waals surface area contributed by atoms with Crippen LogP contribution in [0.25, 0.3) is 0 Å². The van der Waals surface area contributed by atoms with Crippen LogP contribution in [0.1, 0.15) is 35.1 Å². The molecule has 0 saturated heterocycles.